The first-order chi connectivity index (χ1) is 19.7. The molecular formula is C27H32F5N7O3. The van der Waals surface area contributed by atoms with Crippen LogP contribution in [0.2, 0.25) is 0 Å². The van der Waals surface area contributed by atoms with E-state index in [4.69, 9.17) is 10.7 Å². The zero-order chi connectivity index (χ0) is 30.4. The number of carbonyl (C=O) groups excluding carboxylic acids is 2. The molecule has 0 radical (unpaired) electrons. The summed E-state index contributed by atoms with van der Waals surface area (Å²) in [4.78, 5) is 29.1. The van der Waals surface area contributed by atoms with Crippen LogP contribution in [0, 0.1) is 11.8 Å². The Morgan fingerprint density at radius 2 is 1.81 bits per heavy atom. The summed E-state index contributed by atoms with van der Waals surface area (Å²) in [5.74, 6) is -5.05. The minimum Gasteiger partial charge on any atom is -0.364 e. The van der Waals surface area contributed by atoms with Gasteiger partial charge in [-0.05, 0) is 69.1 Å². The zero-order valence-corrected chi connectivity index (χ0v) is 23.1. The van der Waals surface area contributed by atoms with E-state index in [-0.39, 0.29) is 49.3 Å². The minimum atomic E-state index is -4.92. The van der Waals surface area contributed by atoms with Crippen molar-refractivity contribution in [1.29, 1.82) is 0 Å². The highest BCUT2D eigenvalue weighted by Gasteiger charge is 2.41. The number of fused-ring (bicyclic) bond motifs is 1. The second-order valence-corrected chi connectivity index (χ2v) is 11.4. The highest BCUT2D eigenvalue weighted by Crippen LogP contribution is 2.45. The summed E-state index contributed by atoms with van der Waals surface area (Å²) < 4.78 is 72.0. The molecule has 2 saturated carbocycles. The maximum absolute atomic E-state index is 14.1. The highest BCUT2D eigenvalue weighted by molar-refractivity contribution is 5.91. The Labute approximate surface area is 237 Å². The summed E-state index contributed by atoms with van der Waals surface area (Å²) in [5.41, 5.74) is 7.78. The first kappa shape index (κ1) is 29.9. The first-order valence-electron chi connectivity index (χ1n) is 13.8. The predicted molar refractivity (Wildman–Crippen MR) is 138 cm³/mol. The number of nitrogens with two attached hydrogens (primary N) is 1. The third-order valence-electron chi connectivity index (χ3n) is 7.86. The van der Waals surface area contributed by atoms with Gasteiger partial charge in [-0.15, -0.1) is 13.2 Å². The van der Waals surface area contributed by atoms with Crippen molar-refractivity contribution in [2.75, 3.05) is 6.61 Å². The maximum atomic E-state index is 14.1. The summed E-state index contributed by atoms with van der Waals surface area (Å²) >= 11 is 0. The fourth-order valence-electron chi connectivity index (χ4n) is 5.67. The number of amides is 2. The van der Waals surface area contributed by atoms with Crippen LogP contribution in [0.3, 0.4) is 0 Å². The molecule has 5 rings (SSSR count). The van der Waals surface area contributed by atoms with Gasteiger partial charge >= 0.3 is 6.36 Å². The number of aromatic nitrogens is 5. The average Bonchev–Trinajstić information content (AvgIpc) is 3.50. The largest absolute Gasteiger partial charge is 0.523 e. The molecule has 0 aliphatic heterocycles. The number of alkyl halides is 5. The molecule has 3 aromatic heterocycles. The van der Waals surface area contributed by atoms with Crippen LogP contribution in [-0.2, 0) is 9.53 Å². The molecule has 228 valence electrons. The van der Waals surface area contributed by atoms with Gasteiger partial charge in [-0.25, -0.2) is 18.3 Å². The number of nitrogens with zero attached hydrogens (tertiary/aromatic N) is 5. The molecule has 0 spiro atoms. The van der Waals surface area contributed by atoms with Crippen LogP contribution in [0.15, 0.2) is 24.5 Å². The lowest BCUT2D eigenvalue weighted by atomic mass is 9.76. The van der Waals surface area contributed by atoms with Crippen LogP contribution in [0.1, 0.15) is 97.8 Å². The van der Waals surface area contributed by atoms with Crippen LogP contribution < -0.4 is 11.1 Å². The highest BCUT2D eigenvalue weighted by atomic mass is 19.4. The van der Waals surface area contributed by atoms with Gasteiger partial charge in [-0.1, -0.05) is 0 Å². The fraction of sp³-hybridized carbons (Fsp3) is 0.593. The second-order valence-electron chi connectivity index (χ2n) is 11.4. The predicted octanol–water partition coefficient (Wildman–Crippen LogP) is 4.67. The van der Waals surface area contributed by atoms with E-state index in [1.54, 1.807) is 18.3 Å². The van der Waals surface area contributed by atoms with Gasteiger partial charge in [0.2, 0.25) is 11.8 Å². The average molecular weight is 598 g/mol. The topological polar surface area (TPSA) is 129 Å². The molecular weight excluding hydrogens is 565 g/mol. The Hall–Kier alpha value is -3.62. The summed E-state index contributed by atoms with van der Waals surface area (Å²) in [6.07, 6.45) is -0.279. The Balaban J connectivity index is 1.48. The lowest BCUT2D eigenvalue weighted by Gasteiger charge is -2.32. The molecule has 0 aromatic carbocycles. The van der Waals surface area contributed by atoms with Gasteiger partial charge < -0.3 is 11.1 Å². The summed E-state index contributed by atoms with van der Waals surface area (Å²) in [6, 6.07) is 2.52. The third kappa shape index (κ3) is 6.71. The Morgan fingerprint density at radius 1 is 1.12 bits per heavy atom. The van der Waals surface area contributed by atoms with E-state index in [9.17, 15) is 31.5 Å². The maximum Gasteiger partial charge on any atom is 0.523 e. The SMILES string of the molecule is CC(C)n1nc([C@H](c2cn3ncc([C@H](NC(=O)COC(F)(F)F)C4CC4)cc3n2)C2CCC(F)(F)CC2)cc1C(N)=O. The molecule has 2 aliphatic rings. The zero-order valence-electron chi connectivity index (χ0n) is 23.1. The van der Waals surface area contributed by atoms with Gasteiger partial charge in [0.25, 0.3) is 5.91 Å². The molecule has 15 heteroatoms. The van der Waals surface area contributed by atoms with E-state index in [0.717, 1.165) is 12.8 Å². The lowest BCUT2D eigenvalue weighted by molar-refractivity contribution is -0.321. The van der Waals surface area contributed by atoms with Crippen molar-refractivity contribution in [3.63, 3.8) is 0 Å². The van der Waals surface area contributed by atoms with Gasteiger partial charge in [0.05, 0.1) is 29.8 Å². The van der Waals surface area contributed by atoms with E-state index in [0.29, 0.717) is 22.6 Å². The van der Waals surface area contributed by atoms with E-state index in [1.807, 2.05) is 13.8 Å². The van der Waals surface area contributed by atoms with Crippen molar-refractivity contribution in [3.8, 4) is 0 Å². The number of primary amides is 1. The van der Waals surface area contributed by atoms with Crippen molar-refractivity contribution in [3.05, 3.63) is 47.2 Å². The number of imidazole rings is 1. The quantitative estimate of drug-likeness (QED) is 0.327. The van der Waals surface area contributed by atoms with E-state index in [1.165, 1.54) is 15.4 Å². The molecule has 3 heterocycles. The number of hydrogen-bond acceptors (Lipinski definition) is 6. The van der Waals surface area contributed by atoms with E-state index < -0.39 is 42.7 Å². The first-order valence-corrected chi connectivity index (χ1v) is 13.8. The summed E-state index contributed by atoms with van der Waals surface area (Å²) in [6.45, 7) is 2.54. The van der Waals surface area contributed by atoms with Crippen molar-refractivity contribution >= 4 is 17.5 Å². The molecule has 0 bridgehead atoms. The van der Waals surface area contributed by atoms with Crippen molar-refractivity contribution in [2.45, 2.75) is 82.7 Å². The number of carbonyl (C=O) groups is 2. The van der Waals surface area contributed by atoms with Crippen LogP contribution in [0.5, 0.6) is 0 Å². The molecule has 2 atom stereocenters. The fourth-order valence-corrected chi connectivity index (χ4v) is 5.67. The summed E-state index contributed by atoms with van der Waals surface area (Å²) in [5, 5.41) is 11.7. The van der Waals surface area contributed by atoms with Gasteiger partial charge in [-0.3, -0.25) is 19.0 Å². The van der Waals surface area contributed by atoms with E-state index in [2.05, 4.69) is 20.3 Å². The normalized spacial score (nSPS) is 19.2. The van der Waals surface area contributed by atoms with Gasteiger partial charge in [-0.2, -0.15) is 10.2 Å². The molecule has 0 unspecified atom stereocenters. The van der Waals surface area contributed by atoms with Crippen molar-refractivity contribution in [2.24, 2.45) is 17.6 Å². The van der Waals surface area contributed by atoms with Crippen molar-refractivity contribution in [1.82, 2.24) is 29.7 Å². The monoisotopic (exact) mass is 597 g/mol. The number of halogens is 5. The molecule has 10 nitrogen and oxygen atoms in total. The van der Waals surface area contributed by atoms with Gasteiger partial charge in [0, 0.05) is 24.8 Å². The van der Waals surface area contributed by atoms with E-state index >= 15 is 0 Å². The molecule has 2 aliphatic carbocycles. The third-order valence-corrected chi connectivity index (χ3v) is 7.86. The van der Waals surface area contributed by atoms with Gasteiger partial charge in [0.15, 0.2) is 5.65 Å². The summed E-state index contributed by atoms with van der Waals surface area (Å²) in [7, 11) is 0. The standard InChI is InChI=1S/C27H32F5N7O3/c1-14(2)39-20(25(33)41)10-18(37-39)23(15-5-7-26(28,29)8-6-15)19-12-38-21(35-19)9-17(11-34-38)24(16-3-4-16)36-22(40)13-42-27(30,31)32/h9-12,14-16,23-24H,3-8,13H2,1-2H3,(H2,33,41)(H,36,40)/t23-,24-/m1/s1. The smallest absolute Gasteiger partial charge is 0.364 e. The molecule has 2 amide bonds. The molecule has 42 heavy (non-hydrogen) atoms. The molecule has 3 aromatic rings. The molecule has 2 fully saturated rings. The number of ether oxygens (including phenoxy) is 1. The van der Waals surface area contributed by atoms with Crippen molar-refractivity contribution < 1.29 is 36.3 Å². The number of rotatable bonds is 10. The van der Waals surface area contributed by atoms with Gasteiger partial charge in [0.1, 0.15) is 12.3 Å². The van der Waals surface area contributed by atoms with Crippen LogP contribution in [0.25, 0.3) is 5.65 Å². The minimum absolute atomic E-state index is 0.0300. The Kier molecular flexibility index (Phi) is 7.98. The number of hydrogen-bond donors (Lipinski definition) is 2. The van der Waals surface area contributed by atoms with Crippen LogP contribution >= 0.6 is 0 Å². The Bertz CT molecular complexity index is 1450. The molecule has 3 N–H and O–H groups in total. The number of nitrogens with one attached hydrogen (secondary N) is 1. The van der Waals surface area contributed by atoms with Crippen LogP contribution in [-0.4, -0.2) is 55.1 Å². The second kappa shape index (κ2) is 11.2. The molecule has 0 saturated heterocycles. The Morgan fingerprint density at radius 3 is 2.38 bits per heavy atom. The lowest BCUT2D eigenvalue weighted by Crippen LogP contribution is -2.34. The van der Waals surface area contributed by atoms with Crippen LogP contribution in [0.4, 0.5) is 22.0 Å².